The summed E-state index contributed by atoms with van der Waals surface area (Å²) in [5, 5.41) is 0.148. The molecule has 3 rings (SSSR count). The number of amides is 2. The minimum Gasteiger partial charge on any atom is -0.268 e. The third-order valence-corrected chi connectivity index (χ3v) is 5.29. The fourth-order valence-electron chi connectivity index (χ4n) is 2.19. The van der Waals surface area contributed by atoms with Gasteiger partial charge >= 0.3 is 0 Å². The van der Waals surface area contributed by atoms with Crippen molar-refractivity contribution in [3.63, 3.8) is 0 Å². The number of carbonyl (C=O) groups excluding carboxylic acids is 2. The van der Waals surface area contributed by atoms with Gasteiger partial charge in [0.15, 0.2) is 0 Å². The van der Waals surface area contributed by atoms with E-state index < -0.39 is 0 Å². The third-order valence-electron chi connectivity index (χ3n) is 3.40. The van der Waals surface area contributed by atoms with Crippen molar-refractivity contribution in [1.29, 1.82) is 0 Å². The van der Waals surface area contributed by atoms with E-state index in [4.69, 9.17) is 11.6 Å². The highest BCUT2D eigenvalue weighted by molar-refractivity contribution is 9.10. The Morgan fingerprint density at radius 1 is 1.21 bits per heavy atom. The van der Waals surface area contributed by atoms with E-state index in [1.807, 2.05) is 0 Å². The molecule has 0 atom stereocenters. The number of nitrogens with zero attached hydrogens (tertiary/aromatic N) is 1. The third kappa shape index (κ3) is 3.55. The number of hydrogen-bond donors (Lipinski definition) is 0. The van der Waals surface area contributed by atoms with Gasteiger partial charge < -0.3 is 0 Å². The van der Waals surface area contributed by atoms with E-state index in [0.29, 0.717) is 25.5 Å². The molecule has 2 amide bonds. The van der Waals surface area contributed by atoms with Gasteiger partial charge in [0, 0.05) is 5.02 Å². The quantitative estimate of drug-likeness (QED) is 0.610. The van der Waals surface area contributed by atoms with E-state index in [9.17, 15) is 14.0 Å². The van der Waals surface area contributed by atoms with Gasteiger partial charge in [-0.15, -0.1) is 0 Å². The van der Waals surface area contributed by atoms with E-state index in [0.717, 1.165) is 16.7 Å². The van der Waals surface area contributed by atoms with E-state index in [2.05, 4.69) is 15.9 Å². The van der Waals surface area contributed by atoms with Crippen LogP contribution in [0.5, 0.6) is 0 Å². The Kier molecular flexibility index (Phi) is 5.08. The van der Waals surface area contributed by atoms with Crippen LogP contribution >= 0.6 is 39.3 Å². The molecule has 3 nitrogen and oxygen atoms in total. The summed E-state index contributed by atoms with van der Waals surface area (Å²) in [7, 11) is 0. The van der Waals surface area contributed by atoms with Gasteiger partial charge in [-0.25, -0.2) is 4.39 Å². The summed E-state index contributed by atoms with van der Waals surface area (Å²) in [4.78, 5) is 26.1. The van der Waals surface area contributed by atoms with Crippen molar-refractivity contribution in [2.45, 2.75) is 6.54 Å². The lowest BCUT2D eigenvalue weighted by atomic mass is 10.2. The highest BCUT2D eigenvalue weighted by atomic mass is 79.9. The van der Waals surface area contributed by atoms with Crippen LogP contribution in [0.1, 0.15) is 11.1 Å². The zero-order chi connectivity index (χ0) is 17.3. The summed E-state index contributed by atoms with van der Waals surface area (Å²) in [6, 6.07) is 11.5. The zero-order valence-corrected chi connectivity index (χ0v) is 15.3. The van der Waals surface area contributed by atoms with Crippen LogP contribution in [0.4, 0.5) is 9.18 Å². The second-order valence-electron chi connectivity index (χ2n) is 5.03. The van der Waals surface area contributed by atoms with Crippen molar-refractivity contribution in [3.05, 3.63) is 73.8 Å². The van der Waals surface area contributed by atoms with Crippen LogP contribution in [-0.4, -0.2) is 16.0 Å². The van der Waals surface area contributed by atoms with Gasteiger partial charge in [-0.1, -0.05) is 35.9 Å². The van der Waals surface area contributed by atoms with Crippen LogP contribution in [0.3, 0.4) is 0 Å². The molecule has 0 aromatic heterocycles. The number of hydrogen-bond acceptors (Lipinski definition) is 3. The normalized spacial score (nSPS) is 16.3. The van der Waals surface area contributed by atoms with Crippen molar-refractivity contribution >= 4 is 56.5 Å². The van der Waals surface area contributed by atoms with Crippen LogP contribution in [0.2, 0.25) is 5.02 Å². The van der Waals surface area contributed by atoms with Crippen molar-refractivity contribution < 1.29 is 14.0 Å². The summed E-state index contributed by atoms with van der Waals surface area (Å²) < 4.78 is 13.6. The lowest BCUT2D eigenvalue weighted by Gasteiger charge is -2.13. The number of carbonyl (C=O) groups is 2. The minimum absolute atomic E-state index is 0.120. The highest BCUT2D eigenvalue weighted by Gasteiger charge is 2.35. The first-order chi connectivity index (χ1) is 11.5. The van der Waals surface area contributed by atoms with Gasteiger partial charge in [0.25, 0.3) is 11.1 Å². The maximum Gasteiger partial charge on any atom is 0.293 e. The van der Waals surface area contributed by atoms with Crippen molar-refractivity contribution in [1.82, 2.24) is 4.90 Å². The molecule has 0 radical (unpaired) electrons. The second kappa shape index (κ2) is 7.09. The molecule has 1 aliphatic heterocycles. The number of rotatable bonds is 3. The number of thioether (sulfide) groups is 1. The topological polar surface area (TPSA) is 37.4 Å². The van der Waals surface area contributed by atoms with Gasteiger partial charge in [-0.3, -0.25) is 14.5 Å². The molecule has 1 fully saturated rings. The Labute approximate surface area is 155 Å². The summed E-state index contributed by atoms with van der Waals surface area (Å²) in [5.74, 6) is -0.774. The molecule has 0 unspecified atom stereocenters. The molecule has 1 aliphatic rings. The average Bonchev–Trinajstić information content (AvgIpc) is 2.80. The van der Waals surface area contributed by atoms with Crippen LogP contribution < -0.4 is 0 Å². The number of halogens is 3. The van der Waals surface area contributed by atoms with Gasteiger partial charge in [0.2, 0.25) is 0 Å². The fraction of sp³-hybridized carbons (Fsp3) is 0.0588. The first kappa shape index (κ1) is 17.2. The van der Waals surface area contributed by atoms with E-state index >= 15 is 0 Å². The van der Waals surface area contributed by atoms with Crippen molar-refractivity contribution in [2.75, 3.05) is 0 Å². The SMILES string of the molecule is O=C1S/C(=C\c2ccc(F)c(Br)c2)C(=O)N1Cc1ccccc1Cl. The Morgan fingerprint density at radius 2 is 1.96 bits per heavy atom. The zero-order valence-electron chi connectivity index (χ0n) is 12.1. The molecule has 122 valence electrons. The molecule has 1 heterocycles. The second-order valence-corrected chi connectivity index (χ2v) is 7.29. The molecule has 7 heteroatoms. The summed E-state index contributed by atoms with van der Waals surface area (Å²) in [6.45, 7) is 0.120. The van der Waals surface area contributed by atoms with E-state index in [1.54, 1.807) is 42.5 Å². The van der Waals surface area contributed by atoms with E-state index in [1.165, 1.54) is 6.07 Å². The Bertz CT molecular complexity index is 871. The molecule has 0 aliphatic carbocycles. The average molecular weight is 427 g/mol. The lowest BCUT2D eigenvalue weighted by molar-refractivity contribution is -0.123. The van der Waals surface area contributed by atoms with Crippen LogP contribution in [0.15, 0.2) is 51.8 Å². The summed E-state index contributed by atoms with van der Waals surface area (Å²) in [5.41, 5.74) is 1.33. The highest BCUT2D eigenvalue weighted by Crippen LogP contribution is 2.34. The maximum atomic E-state index is 13.3. The molecule has 0 saturated carbocycles. The number of benzene rings is 2. The Morgan fingerprint density at radius 3 is 2.67 bits per heavy atom. The van der Waals surface area contributed by atoms with Crippen LogP contribution in [-0.2, 0) is 11.3 Å². The number of imide groups is 1. The summed E-state index contributed by atoms with van der Waals surface area (Å²) in [6.07, 6.45) is 1.57. The van der Waals surface area contributed by atoms with Gasteiger partial charge in [0.05, 0.1) is 15.9 Å². The smallest absolute Gasteiger partial charge is 0.268 e. The van der Waals surface area contributed by atoms with Crippen LogP contribution in [0.25, 0.3) is 6.08 Å². The first-order valence-electron chi connectivity index (χ1n) is 6.89. The predicted octanol–water partition coefficient (Wildman–Crippen LogP) is 5.48. The predicted molar refractivity (Wildman–Crippen MR) is 97.1 cm³/mol. The molecular weight excluding hydrogens is 417 g/mol. The van der Waals surface area contributed by atoms with Crippen LogP contribution in [0, 0.1) is 5.82 Å². The van der Waals surface area contributed by atoms with Gasteiger partial charge in [0.1, 0.15) is 5.82 Å². The minimum atomic E-state index is -0.390. The molecule has 0 bridgehead atoms. The molecule has 24 heavy (non-hydrogen) atoms. The monoisotopic (exact) mass is 425 g/mol. The Hall–Kier alpha value is -1.63. The maximum absolute atomic E-state index is 13.3. The largest absolute Gasteiger partial charge is 0.293 e. The van der Waals surface area contributed by atoms with Crippen molar-refractivity contribution in [2.24, 2.45) is 0 Å². The van der Waals surface area contributed by atoms with Gasteiger partial charge in [-0.05, 0) is 63.1 Å². The molecule has 0 N–H and O–H groups in total. The standard InChI is InChI=1S/C17H10BrClFNO2S/c18-12-7-10(5-6-14(12)20)8-15-16(22)21(17(23)24-15)9-11-3-1-2-4-13(11)19/h1-8H,9H2/b15-8-. The fourth-order valence-corrected chi connectivity index (χ4v) is 3.62. The first-order valence-corrected chi connectivity index (χ1v) is 8.88. The molecular formula is C17H10BrClFNO2S. The molecule has 2 aromatic carbocycles. The molecule has 2 aromatic rings. The van der Waals surface area contributed by atoms with Gasteiger partial charge in [-0.2, -0.15) is 0 Å². The lowest BCUT2D eigenvalue weighted by Crippen LogP contribution is -2.27. The van der Waals surface area contributed by atoms with E-state index in [-0.39, 0.29) is 23.5 Å². The summed E-state index contributed by atoms with van der Waals surface area (Å²) >= 11 is 10.0. The molecule has 1 saturated heterocycles. The molecule has 0 spiro atoms. The Balaban J connectivity index is 1.84. The van der Waals surface area contributed by atoms with Crippen molar-refractivity contribution in [3.8, 4) is 0 Å².